The first-order valence-electron chi connectivity index (χ1n) is 6.66. The van der Waals surface area contributed by atoms with Crippen molar-refractivity contribution in [3.63, 3.8) is 0 Å². The van der Waals surface area contributed by atoms with Crippen molar-refractivity contribution in [2.45, 2.75) is 52.4 Å². The average molecular weight is 248 g/mol. The molecule has 0 aliphatic carbocycles. The summed E-state index contributed by atoms with van der Waals surface area (Å²) < 4.78 is 1.41. The maximum atomic E-state index is 11.7. The minimum Gasteiger partial charge on any atom is -0.275 e. The third-order valence-corrected chi connectivity index (χ3v) is 3.02. The van der Waals surface area contributed by atoms with Crippen molar-refractivity contribution in [2.24, 2.45) is 0 Å². The molecule has 18 heavy (non-hydrogen) atoms. The van der Waals surface area contributed by atoms with Crippen molar-refractivity contribution in [3.8, 4) is 0 Å². The molecule has 0 fully saturated rings. The Labute approximate surface area is 106 Å². The van der Waals surface area contributed by atoms with E-state index in [9.17, 15) is 4.79 Å². The molecule has 0 radical (unpaired) electrons. The molecule has 98 valence electrons. The monoisotopic (exact) mass is 248 g/mol. The molecule has 5 heteroatoms. The lowest BCUT2D eigenvalue weighted by atomic mass is 10.1. The molecule has 2 heterocycles. The van der Waals surface area contributed by atoms with Gasteiger partial charge in [-0.2, -0.15) is 9.50 Å². The van der Waals surface area contributed by atoms with E-state index in [1.165, 1.54) is 36.3 Å². The zero-order chi connectivity index (χ0) is 13.0. The Morgan fingerprint density at radius 3 is 2.78 bits per heavy atom. The second-order valence-corrected chi connectivity index (χ2v) is 4.71. The van der Waals surface area contributed by atoms with Crippen LogP contribution in [0.25, 0.3) is 5.78 Å². The number of fused-ring (bicyclic) bond motifs is 1. The Morgan fingerprint density at radius 1 is 1.22 bits per heavy atom. The zero-order valence-corrected chi connectivity index (χ0v) is 11.1. The highest BCUT2D eigenvalue weighted by atomic mass is 16.1. The number of aryl methyl sites for hydroxylation is 2. The summed E-state index contributed by atoms with van der Waals surface area (Å²) in [6.45, 7) is 4.01. The van der Waals surface area contributed by atoms with Gasteiger partial charge in [0.15, 0.2) is 0 Å². The van der Waals surface area contributed by atoms with Crippen molar-refractivity contribution in [3.05, 3.63) is 27.9 Å². The summed E-state index contributed by atoms with van der Waals surface area (Å²) in [6, 6.07) is 1.51. The number of H-pyrrole nitrogens is 1. The average Bonchev–Trinajstić information content (AvgIpc) is 2.72. The molecule has 0 saturated heterocycles. The van der Waals surface area contributed by atoms with Gasteiger partial charge in [0, 0.05) is 18.2 Å². The largest absolute Gasteiger partial charge is 0.275 e. The van der Waals surface area contributed by atoms with Crippen LogP contribution in [0.4, 0.5) is 0 Å². The Kier molecular flexibility index (Phi) is 4.12. The minimum atomic E-state index is -0.0952. The predicted molar refractivity (Wildman–Crippen MR) is 70.8 cm³/mol. The molecule has 2 aromatic heterocycles. The third kappa shape index (κ3) is 2.97. The summed E-state index contributed by atoms with van der Waals surface area (Å²) in [5.41, 5.74) is 0.614. The van der Waals surface area contributed by atoms with E-state index >= 15 is 0 Å². The highest BCUT2D eigenvalue weighted by molar-refractivity contribution is 5.27. The second-order valence-electron chi connectivity index (χ2n) is 4.71. The summed E-state index contributed by atoms with van der Waals surface area (Å²) in [7, 11) is 0. The Morgan fingerprint density at radius 2 is 2.00 bits per heavy atom. The van der Waals surface area contributed by atoms with Gasteiger partial charge in [0.2, 0.25) is 0 Å². The zero-order valence-electron chi connectivity index (χ0n) is 11.1. The summed E-state index contributed by atoms with van der Waals surface area (Å²) in [4.78, 5) is 20.3. The van der Waals surface area contributed by atoms with E-state index in [2.05, 4.69) is 22.0 Å². The van der Waals surface area contributed by atoms with Crippen LogP contribution in [-0.4, -0.2) is 19.6 Å². The van der Waals surface area contributed by atoms with Crippen molar-refractivity contribution < 1.29 is 0 Å². The van der Waals surface area contributed by atoms with E-state index in [-0.39, 0.29) is 5.56 Å². The van der Waals surface area contributed by atoms with Gasteiger partial charge in [-0.05, 0) is 13.3 Å². The normalized spacial score (nSPS) is 11.2. The number of unbranched alkanes of at least 4 members (excludes halogenated alkanes) is 4. The fourth-order valence-corrected chi connectivity index (χ4v) is 2.04. The number of hydrogen-bond donors (Lipinski definition) is 1. The lowest BCUT2D eigenvalue weighted by molar-refractivity contribution is 0.622. The topological polar surface area (TPSA) is 63.1 Å². The molecule has 1 N–H and O–H groups in total. The SMILES string of the molecule is CCCCCCCc1nc2nc(C)cc(=O)n2[nH]1. The van der Waals surface area contributed by atoms with Gasteiger partial charge in [0.05, 0.1) is 0 Å². The Balaban J connectivity index is 2.02. The van der Waals surface area contributed by atoms with Gasteiger partial charge in [-0.25, -0.2) is 4.98 Å². The smallest absolute Gasteiger partial charge is 0.274 e. The van der Waals surface area contributed by atoms with E-state index < -0.39 is 0 Å². The molecule has 0 aliphatic heterocycles. The first-order valence-corrected chi connectivity index (χ1v) is 6.66. The number of aromatic amines is 1. The van der Waals surface area contributed by atoms with Gasteiger partial charge in [-0.15, -0.1) is 0 Å². The molecule has 0 saturated carbocycles. The number of nitrogens with zero attached hydrogens (tertiary/aromatic N) is 3. The van der Waals surface area contributed by atoms with Crippen LogP contribution in [0.5, 0.6) is 0 Å². The molecule has 0 spiro atoms. The Bertz CT molecular complexity index is 570. The number of aromatic nitrogens is 4. The highest BCUT2D eigenvalue weighted by Gasteiger charge is 2.05. The number of hydrogen-bond acceptors (Lipinski definition) is 3. The molecule has 2 aromatic rings. The first-order chi connectivity index (χ1) is 8.70. The third-order valence-electron chi connectivity index (χ3n) is 3.02. The quantitative estimate of drug-likeness (QED) is 0.797. The van der Waals surface area contributed by atoms with E-state index in [0.717, 1.165) is 18.7 Å². The van der Waals surface area contributed by atoms with Crippen LogP contribution >= 0.6 is 0 Å². The molecule has 0 aliphatic rings. The molecule has 2 rings (SSSR count). The van der Waals surface area contributed by atoms with Gasteiger partial charge in [0.1, 0.15) is 5.82 Å². The van der Waals surface area contributed by atoms with Gasteiger partial charge >= 0.3 is 0 Å². The molecule has 0 aromatic carbocycles. The minimum absolute atomic E-state index is 0.0952. The van der Waals surface area contributed by atoms with E-state index in [4.69, 9.17) is 0 Å². The standard InChI is InChI=1S/C13H20N4O/c1-3-4-5-6-7-8-11-15-13-14-10(2)9-12(18)17(13)16-11/h9H,3-8H2,1-2H3,(H,14,15,16). The van der Waals surface area contributed by atoms with E-state index in [0.29, 0.717) is 11.5 Å². The molecule has 0 amide bonds. The molecular formula is C13H20N4O. The van der Waals surface area contributed by atoms with E-state index in [1.807, 2.05) is 0 Å². The van der Waals surface area contributed by atoms with Crippen molar-refractivity contribution in [2.75, 3.05) is 0 Å². The van der Waals surface area contributed by atoms with Crippen molar-refractivity contribution in [1.82, 2.24) is 19.6 Å². The van der Waals surface area contributed by atoms with Crippen LogP contribution in [0, 0.1) is 6.92 Å². The van der Waals surface area contributed by atoms with Gasteiger partial charge in [0.25, 0.3) is 11.3 Å². The lowest BCUT2D eigenvalue weighted by Gasteiger charge is -1.97. The summed E-state index contributed by atoms with van der Waals surface area (Å²) in [5, 5.41) is 3.01. The lowest BCUT2D eigenvalue weighted by Crippen LogP contribution is -2.14. The van der Waals surface area contributed by atoms with Crippen LogP contribution in [0.3, 0.4) is 0 Å². The van der Waals surface area contributed by atoms with Crippen molar-refractivity contribution >= 4 is 5.78 Å². The van der Waals surface area contributed by atoms with E-state index in [1.54, 1.807) is 6.92 Å². The van der Waals surface area contributed by atoms with Gasteiger partial charge in [-0.3, -0.25) is 9.89 Å². The predicted octanol–water partition coefficient (Wildman–Crippen LogP) is 2.24. The van der Waals surface area contributed by atoms with Gasteiger partial charge in [-0.1, -0.05) is 32.6 Å². The fraction of sp³-hybridized carbons (Fsp3) is 0.615. The highest BCUT2D eigenvalue weighted by Crippen LogP contribution is 2.06. The molecule has 0 bridgehead atoms. The maximum absolute atomic E-state index is 11.7. The van der Waals surface area contributed by atoms with Crippen molar-refractivity contribution in [1.29, 1.82) is 0 Å². The summed E-state index contributed by atoms with van der Waals surface area (Å²) >= 11 is 0. The Hall–Kier alpha value is -1.65. The summed E-state index contributed by atoms with van der Waals surface area (Å²) in [5.74, 6) is 1.32. The number of nitrogens with one attached hydrogen (secondary N) is 1. The van der Waals surface area contributed by atoms with Crippen LogP contribution in [0.15, 0.2) is 10.9 Å². The second kappa shape index (κ2) is 5.80. The molecule has 5 nitrogen and oxygen atoms in total. The van der Waals surface area contributed by atoms with Gasteiger partial charge < -0.3 is 0 Å². The van der Waals surface area contributed by atoms with Crippen LogP contribution < -0.4 is 5.56 Å². The van der Waals surface area contributed by atoms with Crippen LogP contribution in [-0.2, 0) is 6.42 Å². The molecule has 0 unspecified atom stereocenters. The molecular weight excluding hydrogens is 228 g/mol. The number of rotatable bonds is 6. The summed E-state index contributed by atoms with van der Waals surface area (Å²) in [6.07, 6.45) is 7.02. The maximum Gasteiger partial charge on any atom is 0.274 e. The first kappa shape index (κ1) is 12.8. The fourth-order valence-electron chi connectivity index (χ4n) is 2.04. The van der Waals surface area contributed by atoms with Crippen LogP contribution in [0.1, 0.15) is 50.5 Å². The van der Waals surface area contributed by atoms with Crippen LogP contribution in [0.2, 0.25) is 0 Å². The molecule has 0 atom stereocenters.